The van der Waals surface area contributed by atoms with Crippen LogP contribution in [0.25, 0.3) is 0 Å². The second-order valence-electron chi connectivity index (χ2n) is 9.49. The normalized spacial score (nSPS) is 19.0. The first-order valence-electron chi connectivity index (χ1n) is 12.6. The molecule has 2 aliphatic heterocycles. The average Bonchev–Trinajstić information content (AvgIpc) is 2.92. The van der Waals surface area contributed by atoms with E-state index in [1.807, 2.05) is 30.3 Å². The molecule has 0 spiro atoms. The van der Waals surface area contributed by atoms with Crippen molar-refractivity contribution in [3.8, 4) is 0 Å². The van der Waals surface area contributed by atoms with Gasteiger partial charge in [0.05, 0.1) is 25.5 Å². The number of morpholine rings is 1. The molecule has 3 aliphatic rings. The summed E-state index contributed by atoms with van der Waals surface area (Å²) in [6.07, 6.45) is 6.69. The summed E-state index contributed by atoms with van der Waals surface area (Å²) in [7, 11) is 2.14. The van der Waals surface area contributed by atoms with Crippen molar-refractivity contribution < 1.29 is 14.3 Å². The van der Waals surface area contributed by atoms with E-state index in [0.717, 1.165) is 41.7 Å². The van der Waals surface area contributed by atoms with E-state index in [9.17, 15) is 4.79 Å². The molecule has 34 heavy (non-hydrogen) atoms. The number of benzene rings is 1. The van der Waals surface area contributed by atoms with Gasteiger partial charge in [-0.05, 0) is 18.4 Å². The van der Waals surface area contributed by atoms with E-state index < -0.39 is 0 Å². The highest BCUT2D eigenvalue weighted by Gasteiger charge is 2.30. The zero-order valence-corrected chi connectivity index (χ0v) is 20.1. The summed E-state index contributed by atoms with van der Waals surface area (Å²) in [5, 5.41) is 0. The maximum atomic E-state index is 12.9. The van der Waals surface area contributed by atoms with Crippen LogP contribution in [0.2, 0.25) is 0 Å². The summed E-state index contributed by atoms with van der Waals surface area (Å²) < 4.78 is 11.2. The summed E-state index contributed by atoms with van der Waals surface area (Å²) in [5.41, 5.74) is 3.09. The standard InChI is InChI=1S/C26H35N5O3/c1-29(21-10-6-3-7-11-21)25-27-23-12-13-31(26(32)34-19-20-8-4-2-5-9-20)18-22(23)24(28-25)30-14-16-33-17-15-30/h2,4-5,8-9,21H,3,6-7,10-19H2,1H3. The van der Waals surface area contributed by atoms with Crippen molar-refractivity contribution in [2.24, 2.45) is 0 Å². The first-order valence-corrected chi connectivity index (χ1v) is 12.6. The molecule has 0 bridgehead atoms. The van der Waals surface area contributed by atoms with Crippen LogP contribution in [0, 0.1) is 0 Å². The highest BCUT2D eigenvalue weighted by atomic mass is 16.6. The van der Waals surface area contributed by atoms with Gasteiger partial charge < -0.3 is 24.2 Å². The molecular weight excluding hydrogens is 430 g/mol. The molecule has 2 aromatic rings. The highest BCUT2D eigenvalue weighted by molar-refractivity contribution is 5.69. The van der Waals surface area contributed by atoms with Crippen LogP contribution >= 0.6 is 0 Å². The predicted molar refractivity (Wildman–Crippen MR) is 131 cm³/mol. The number of fused-ring (bicyclic) bond motifs is 1. The number of anilines is 2. The summed E-state index contributed by atoms with van der Waals surface area (Å²) in [6, 6.07) is 10.3. The number of hydrogen-bond donors (Lipinski definition) is 0. The number of rotatable bonds is 5. The Hall–Kier alpha value is -2.87. The number of amides is 1. The maximum Gasteiger partial charge on any atom is 0.410 e. The molecule has 1 saturated heterocycles. The van der Waals surface area contributed by atoms with Crippen molar-refractivity contribution in [2.45, 2.75) is 57.7 Å². The van der Waals surface area contributed by atoms with Crippen LogP contribution in [0.5, 0.6) is 0 Å². The SMILES string of the molecule is CN(c1nc2c(c(N3CCOCC3)n1)CN(C(=O)OCc1ccccc1)CC2)C1CCCCC1. The first kappa shape index (κ1) is 22.9. The number of ether oxygens (including phenoxy) is 2. The van der Waals surface area contributed by atoms with Gasteiger partial charge in [0.25, 0.3) is 0 Å². The first-order chi connectivity index (χ1) is 16.7. The number of carbonyl (C=O) groups is 1. The molecule has 1 aliphatic carbocycles. The van der Waals surface area contributed by atoms with Crippen molar-refractivity contribution in [2.75, 3.05) is 49.7 Å². The fourth-order valence-corrected chi connectivity index (χ4v) is 5.18. The second kappa shape index (κ2) is 10.6. The number of carbonyl (C=O) groups excluding carboxylic acids is 1. The van der Waals surface area contributed by atoms with E-state index in [4.69, 9.17) is 19.4 Å². The van der Waals surface area contributed by atoms with E-state index in [0.29, 0.717) is 38.8 Å². The summed E-state index contributed by atoms with van der Waals surface area (Å²) in [4.78, 5) is 29.3. The van der Waals surface area contributed by atoms with Gasteiger partial charge in [0.2, 0.25) is 5.95 Å². The molecular formula is C26H35N5O3. The number of hydrogen-bond acceptors (Lipinski definition) is 7. The molecule has 8 nitrogen and oxygen atoms in total. The largest absolute Gasteiger partial charge is 0.445 e. The van der Waals surface area contributed by atoms with Crippen LogP contribution in [-0.2, 0) is 29.0 Å². The summed E-state index contributed by atoms with van der Waals surface area (Å²) >= 11 is 0. The second-order valence-corrected chi connectivity index (χ2v) is 9.49. The van der Waals surface area contributed by atoms with Crippen LogP contribution in [-0.4, -0.2) is 66.9 Å². The Morgan fingerprint density at radius 1 is 1.09 bits per heavy atom. The summed E-state index contributed by atoms with van der Waals surface area (Å²) in [5.74, 6) is 1.76. The molecule has 0 N–H and O–H groups in total. The highest BCUT2D eigenvalue weighted by Crippen LogP contribution is 2.32. The molecule has 8 heteroatoms. The van der Waals surface area contributed by atoms with Crippen molar-refractivity contribution in [1.29, 1.82) is 0 Å². The number of aromatic nitrogens is 2. The lowest BCUT2D eigenvalue weighted by molar-refractivity contribution is 0.0914. The van der Waals surface area contributed by atoms with E-state index in [2.05, 4.69) is 16.8 Å². The Bertz CT molecular complexity index is 974. The van der Waals surface area contributed by atoms with E-state index in [1.165, 1.54) is 32.1 Å². The minimum atomic E-state index is -0.286. The lowest BCUT2D eigenvalue weighted by atomic mass is 9.95. The fourth-order valence-electron chi connectivity index (χ4n) is 5.18. The van der Waals surface area contributed by atoms with Gasteiger partial charge in [-0.3, -0.25) is 0 Å². The quantitative estimate of drug-likeness (QED) is 0.666. The van der Waals surface area contributed by atoms with Crippen molar-refractivity contribution in [3.05, 3.63) is 47.2 Å². The van der Waals surface area contributed by atoms with Crippen LogP contribution in [0.3, 0.4) is 0 Å². The Labute approximate surface area is 201 Å². The zero-order valence-electron chi connectivity index (χ0n) is 20.1. The Balaban J connectivity index is 1.36. The third kappa shape index (κ3) is 5.12. The van der Waals surface area contributed by atoms with E-state index >= 15 is 0 Å². The topological polar surface area (TPSA) is 71.0 Å². The maximum absolute atomic E-state index is 12.9. The van der Waals surface area contributed by atoms with E-state index in [1.54, 1.807) is 4.90 Å². The van der Waals surface area contributed by atoms with Gasteiger partial charge in [0.1, 0.15) is 12.4 Å². The van der Waals surface area contributed by atoms with Crippen molar-refractivity contribution >= 4 is 17.9 Å². The van der Waals surface area contributed by atoms with Crippen LogP contribution in [0.1, 0.15) is 48.9 Å². The monoisotopic (exact) mass is 465 g/mol. The van der Waals surface area contributed by atoms with E-state index in [-0.39, 0.29) is 12.7 Å². The van der Waals surface area contributed by atoms with Gasteiger partial charge in [-0.15, -0.1) is 0 Å². The Morgan fingerprint density at radius 3 is 2.62 bits per heavy atom. The van der Waals surface area contributed by atoms with Crippen LogP contribution in [0.15, 0.2) is 30.3 Å². The minimum absolute atomic E-state index is 0.279. The number of nitrogens with zero attached hydrogens (tertiary/aromatic N) is 5. The summed E-state index contributed by atoms with van der Waals surface area (Å²) in [6.45, 7) is 4.34. The Morgan fingerprint density at radius 2 is 1.85 bits per heavy atom. The molecule has 2 fully saturated rings. The van der Waals surface area contributed by atoms with Crippen LogP contribution in [0.4, 0.5) is 16.6 Å². The predicted octanol–water partition coefficient (Wildman–Crippen LogP) is 3.78. The minimum Gasteiger partial charge on any atom is -0.445 e. The van der Waals surface area contributed by atoms with Gasteiger partial charge in [0, 0.05) is 44.7 Å². The molecule has 1 amide bonds. The molecule has 5 rings (SSSR count). The lowest BCUT2D eigenvalue weighted by Crippen LogP contribution is -2.42. The van der Waals surface area contributed by atoms with Gasteiger partial charge in [-0.1, -0.05) is 49.6 Å². The molecule has 0 unspecified atom stereocenters. The third-order valence-electron chi connectivity index (χ3n) is 7.24. The molecule has 1 aromatic heterocycles. The molecule has 3 heterocycles. The molecule has 1 aromatic carbocycles. The Kier molecular flexibility index (Phi) is 7.13. The molecule has 182 valence electrons. The lowest BCUT2D eigenvalue weighted by Gasteiger charge is -2.36. The van der Waals surface area contributed by atoms with Gasteiger partial charge in [-0.2, -0.15) is 4.98 Å². The molecule has 0 atom stereocenters. The fraction of sp³-hybridized carbons (Fsp3) is 0.577. The smallest absolute Gasteiger partial charge is 0.410 e. The average molecular weight is 466 g/mol. The zero-order chi connectivity index (χ0) is 23.3. The molecule has 1 saturated carbocycles. The third-order valence-corrected chi connectivity index (χ3v) is 7.24. The van der Waals surface area contributed by atoms with Gasteiger partial charge in [-0.25, -0.2) is 9.78 Å². The molecule has 0 radical (unpaired) electrons. The van der Waals surface area contributed by atoms with Crippen molar-refractivity contribution in [3.63, 3.8) is 0 Å². The van der Waals surface area contributed by atoms with Crippen molar-refractivity contribution in [1.82, 2.24) is 14.9 Å². The van der Waals surface area contributed by atoms with Crippen LogP contribution < -0.4 is 9.80 Å². The van der Waals surface area contributed by atoms with Gasteiger partial charge >= 0.3 is 6.09 Å². The van der Waals surface area contributed by atoms with Gasteiger partial charge in [0.15, 0.2) is 0 Å².